The Labute approximate surface area is 142 Å². The quantitative estimate of drug-likeness (QED) is 0.942. The average Bonchev–Trinajstić information content (AvgIpc) is 2.54. The molecule has 1 aliphatic heterocycles. The van der Waals surface area contributed by atoms with Crippen LogP contribution in [0.2, 0.25) is 0 Å². The summed E-state index contributed by atoms with van der Waals surface area (Å²) in [6.07, 6.45) is -0.614. The van der Waals surface area contributed by atoms with Crippen molar-refractivity contribution >= 4 is 17.4 Å². The normalized spacial score (nSPS) is 16.4. The van der Waals surface area contributed by atoms with Gasteiger partial charge in [-0.05, 0) is 56.2 Å². The predicted octanol–water partition coefficient (Wildman–Crippen LogP) is 2.60. The van der Waals surface area contributed by atoms with Crippen molar-refractivity contribution in [2.45, 2.75) is 26.9 Å². The molecule has 0 spiro atoms. The topological polar surface area (TPSA) is 56.7 Å². The maximum atomic E-state index is 12.6. The van der Waals surface area contributed by atoms with Crippen LogP contribution in [0.5, 0.6) is 0 Å². The molecule has 0 radical (unpaired) electrons. The second-order valence-corrected chi connectivity index (χ2v) is 6.41. The van der Waals surface area contributed by atoms with E-state index in [2.05, 4.69) is 11.1 Å². The van der Waals surface area contributed by atoms with Crippen LogP contribution in [0.15, 0.2) is 36.4 Å². The summed E-state index contributed by atoms with van der Waals surface area (Å²) in [5, 5.41) is 9.69. The Morgan fingerprint density at radius 3 is 2.46 bits per heavy atom. The average molecular weight is 325 g/mol. The highest BCUT2D eigenvalue weighted by atomic mass is 16.3. The first kappa shape index (κ1) is 16.5. The number of hydrogen-bond acceptors (Lipinski definition) is 4. The molecule has 3 rings (SSSR count). The van der Waals surface area contributed by atoms with E-state index in [0.29, 0.717) is 18.8 Å². The zero-order chi connectivity index (χ0) is 17.3. The molecule has 1 aliphatic rings. The Morgan fingerprint density at radius 1 is 1.12 bits per heavy atom. The van der Waals surface area contributed by atoms with Gasteiger partial charge in [-0.2, -0.15) is 0 Å². The van der Waals surface area contributed by atoms with Crippen molar-refractivity contribution in [1.29, 1.82) is 0 Å². The third kappa shape index (κ3) is 3.41. The largest absolute Gasteiger partial charge is 0.387 e. The monoisotopic (exact) mass is 325 g/mol. The molecular weight excluding hydrogens is 302 g/mol. The molecule has 5 heteroatoms. The van der Waals surface area contributed by atoms with Gasteiger partial charge in [-0.1, -0.05) is 12.1 Å². The van der Waals surface area contributed by atoms with E-state index in [1.54, 1.807) is 13.0 Å². The van der Waals surface area contributed by atoms with Gasteiger partial charge in [-0.25, -0.2) is 4.98 Å². The van der Waals surface area contributed by atoms with Gasteiger partial charge in [0, 0.05) is 18.8 Å². The van der Waals surface area contributed by atoms with Gasteiger partial charge < -0.3 is 14.9 Å². The van der Waals surface area contributed by atoms with Gasteiger partial charge >= 0.3 is 0 Å². The minimum Gasteiger partial charge on any atom is -0.387 e. The fourth-order valence-corrected chi connectivity index (χ4v) is 3.10. The number of aliphatic hydroxyl groups excluding tert-OH is 1. The van der Waals surface area contributed by atoms with Gasteiger partial charge in [-0.15, -0.1) is 0 Å². The zero-order valence-electron chi connectivity index (χ0n) is 14.4. The molecule has 0 saturated carbocycles. The fourth-order valence-electron chi connectivity index (χ4n) is 3.10. The molecule has 1 N–H and O–H groups in total. The van der Waals surface area contributed by atoms with E-state index in [1.807, 2.05) is 47.9 Å². The first-order valence-electron chi connectivity index (χ1n) is 8.22. The molecule has 1 fully saturated rings. The number of aryl methyl sites for hydroxylation is 2. The number of anilines is 2. The number of piperazine rings is 1. The van der Waals surface area contributed by atoms with Crippen molar-refractivity contribution in [2.24, 2.45) is 0 Å². The Morgan fingerprint density at radius 2 is 1.83 bits per heavy atom. The molecule has 126 valence electrons. The standard InChI is InChI=1S/C19H23N3O2/c1-13-9-14(2)11-16(10-13)22-8-7-21(12-19(22)24)18-6-4-5-17(20-18)15(3)23/h4-6,9-11,15,23H,7-8,12H2,1-3H3/t15-/m0/s1. The second-order valence-electron chi connectivity index (χ2n) is 6.41. The van der Waals surface area contributed by atoms with Crippen LogP contribution in [0.1, 0.15) is 29.8 Å². The Bertz CT molecular complexity index is 738. The lowest BCUT2D eigenvalue weighted by molar-refractivity contribution is -0.117. The SMILES string of the molecule is Cc1cc(C)cc(N2CCN(c3cccc([C@H](C)O)n3)CC2=O)c1. The Hall–Kier alpha value is -2.40. The third-order valence-corrected chi connectivity index (χ3v) is 4.25. The van der Waals surface area contributed by atoms with Crippen LogP contribution in [-0.2, 0) is 4.79 Å². The number of carbonyl (C=O) groups excluding carboxylic acids is 1. The van der Waals surface area contributed by atoms with Crippen molar-refractivity contribution < 1.29 is 9.90 Å². The molecular formula is C19H23N3O2. The molecule has 5 nitrogen and oxygen atoms in total. The lowest BCUT2D eigenvalue weighted by Crippen LogP contribution is -2.51. The molecule has 1 atom stereocenters. The van der Waals surface area contributed by atoms with Crippen molar-refractivity contribution in [3.05, 3.63) is 53.2 Å². The van der Waals surface area contributed by atoms with E-state index in [1.165, 1.54) is 0 Å². The summed E-state index contributed by atoms with van der Waals surface area (Å²) < 4.78 is 0. The van der Waals surface area contributed by atoms with Crippen molar-refractivity contribution in [3.8, 4) is 0 Å². The summed E-state index contributed by atoms with van der Waals surface area (Å²) in [6.45, 7) is 7.42. The van der Waals surface area contributed by atoms with Crippen LogP contribution in [0.4, 0.5) is 11.5 Å². The number of carbonyl (C=O) groups is 1. The van der Waals surface area contributed by atoms with E-state index >= 15 is 0 Å². The number of benzene rings is 1. The molecule has 0 aliphatic carbocycles. The lowest BCUT2D eigenvalue weighted by Gasteiger charge is -2.35. The minimum atomic E-state index is -0.614. The molecule has 24 heavy (non-hydrogen) atoms. The van der Waals surface area contributed by atoms with Gasteiger partial charge in [0.05, 0.1) is 18.3 Å². The first-order valence-corrected chi connectivity index (χ1v) is 8.22. The molecule has 0 bridgehead atoms. The number of aliphatic hydroxyl groups is 1. The van der Waals surface area contributed by atoms with Crippen molar-refractivity contribution in [3.63, 3.8) is 0 Å². The van der Waals surface area contributed by atoms with Crippen molar-refractivity contribution in [2.75, 3.05) is 29.4 Å². The summed E-state index contributed by atoms with van der Waals surface area (Å²) >= 11 is 0. The van der Waals surface area contributed by atoms with E-state index in [9.17, 15) is 9.90 Å². The number of hydrogen-bond donors (Lipinski definition) is 1. The minimum absolute atomic E-state index is 0.0653. The number of rotatable bonds is 3. The molecule has 1 aromatic heterocycles. The second kappa shape index (κ2) is 6.61. The van der Waals surface area contributed by atoms with Gasteiger partial charge in [0.15, 0.2) is 0 Å². The highest BCUT2D eigenvalue weighted by Crippen LogP contribution is 2.23. The molecule has 2 heterocycles. The lowest BCUT2D eigenvalue weighted by atomic mass is 10.1. The van der Waals surface area contributed by atoms with Gasteiger partial charge in [0.25, 0.3) is 0 Å². The van der Waals surface area contributed by atoms with Gasteiger partial charge in [-0.3, -0.25) is 4.79 Å². The summed E-state index contributed by atoms with van der Waals surface area (Å²) in [5.74, 6) is 0.803. The summed E-state index contributed by atoms with van der Waals surface area (Å²) in [6, 6.07) is 11.7. The van der Waals surface area contributed by atoms with Crippen LogP contribution in [0.25, 0.3) is 0 Å². The molecule has 1 aromatic carbocycles. The number of nitrogens with zero attached hydrogens (tertiary/aromatic N) is 3. The molecule has 2 aromatic rings. The third-order valence-electron chi connectivity index (χ3n) is 4.25. The van der Waals surface area contributed by atoms with E-state index < -0.39 is 6.10 Å². The van der Waals surface area contributed by atoms with Gasteiger partial charge in [0.1, 0.15) is 5.82 Å². The molecule has 0 unspecified atom stereocenters. The number of pyridine rings is 1. The highest BCUT2D eigenvalue weighted by Gasteiger charge is 2.26. The number of aromatic nitrogens is 1. The number of amides is 1. The Balaban J connectivity index is 1.78. The summed E-state index contributed by atoms with van der Waals surface area (Å²) in [7, 11) is 0. The van der Waals surface area contributed by atoms with E-state index in [-0.39, 0.29) is 5.91 Å². The smallest absolute Gasteiger partial charge is 0.246 e. The predicted molar refractivity (Wildman–Crippen MR) is 95.4 cm³/mol. The van der Waals surface area contributed by atoms with Gasteiger partial charge in [0.2, 0.25) is 5.91 Å². The summed E-state index contributed by atoms with van der Waals surface area (Å²) in [5.41, 5.74) is 3.90. The van der Waals surface area contributed by atoms with Crippen LogP contribution in [-0.4, -0.2) is 35.6 Å². The highest BCUT2D eigenvalue weighted by molar-refractivity contribution is 5.97. The molecule has 1 amide bonds. The molecule has 1 saturated heterocycles. The zero-order valence-corrected chi connectivity index (χ0v) is 14.4. The van der Waals surface area contributed by atoms with Crippen LogP contribution in [0.3, 0.4) is 0 Å². The fraction of sp³-hybridized carbons (Fsp3) is 0.368. The van der Waals surface area contributed by atoms with E-state index in [0.717, 1.165) is 29.2 Å². The van der Waals surface area contributed by atoms with Crippen LogP contribution in [0, 0.1) is 13.8 Å². The van der Waals surface area contributed by atoms with E-state index in [4.69, 9.17) is 0 Å². The first-order chi connectivity index (χ1) is 11.4. The van der Waals surface area contributed by atoms with Crippen LogP contribution >= 0.6 is 0 Å². The maximum absolute atomic E-state index is 12.6. The van der Waals surface area contributed by atoms with Crippen LogP contribution < -0.4 is 9.80 Å². The maximum Gasteiger partial charge on any atom is 0.246 e. The van der Waals surface area contributed by atoms with Crippen molar-refractivity contribution in [1.82, 2.24) is 4.98 Å². The Kier molecular flexibility index (Phi) is 4.53. The summed E-state index contributed by atoms with van der Waals surface area (Å²) in [4.78, 5) is 20.9.